The van der Waals surface area contributed by atoms with Crippen LogP contribution in [-0.2, 0) is 4.79 Å². The normalized spacial score (nSPS) is 10.9. The smallest absolute Gasteiger partial charge is 0.225 e. The van der Waals surface area contributed by atoms with E-state index in [1.807, 2.05) is 54.4 Å². The number of hydrogen-bond acceptors (Lipinski definition) is 3. The van der Waals surface area contributed by atoms with Crippen molar-refractivity contribution in [2.45, 2.75) is 6.42 Å². The van der Waals surface area contributed by atoms with Crippen LogP contribution in [0.15, 0.2) is 42.5 Å². The van der Waals surface area contributed by atoms with Crippen molar-refractivity contribution in [3.63, 3.8) is 0 Å². The predicted molar refractivity (Wildman–Crippen MR) is 81.8 cm³/mol. The Morgan fingerprint density at radius 2 is 1.90 bits per heavy atom. The van der Waals surface area contributed by atoms with E-state index in [2.05, 4.69) is 5.32 Å². The lowest BCUT2D eigenvalue weighted by molar-refractivity contribution is -0.116. The van der Waals surface area contributed by atoms with Crippen LogP contribution in [0, 0.1) is 0 Å². The molecule has 2 aromatic rings. The van der Waals surface area contributed by atoms with E-state index in [1.54, 1.807) is 0 Å². The molecule has 106 valence electrons. The van der Waals surface area contributed by atoms with Crippen molar-refractivity contribution in [1.82, 2.24) is 4.90 Å². The SMILES string of the molecule is CN(CCO)CCC(=O)Nc1cccc2ccccc12. The molecular formula is C16H20N2O2. The summed E-state index contributed by atoms with van der Waals surface area (Å²) < 4.78 is 0. The van der Waals surface area contributed by atoms with Crippen molar-refractivity contribution >= 4 is 22.4 Å². The predicted octanol–water partition coefficient (Wildman–Crippen LogP) is 2.09. The fraction of sp³-hybridized carbons (Fsp3) is 0.312. The highest BCUT2D eigenvalue weighted by molar-refractivity contribution is 6.02. The van der Waals surface area contributed by atoms with Gasteiger partial charge in [-0.25, -0.2) is 0 Å². The summed E-state index contributed by atoms with van der Waals surface area (Å²) in [6.07, 6.45) is 0.416. The largest absolute Gasteiger partial charge is 0.395 e. The number of amides is 1. The maximum absolute atomic E-state index is 12.0. The standard InChI is InChI=1S/C16H20N2O2/c1-18(11-12-19)10-9-16(20)17-15-8-4-6-13-5-2-3-7-14(13)15/h2-8,19H,9-12H2,1H3,(H,17,20). The van der Waals surface area contributed by atoms with E-state index in [0.717, 1.165) is 16.5 Å². The molecule has 2 N–H and O–H groups in total. The van der Waals surface area contributed by atoms with Crippen molar-refractivity contribution in [2.75, 3.05) is 32.1 Å². The van der Waals surface area contributed by atoms with E-state index in [9.17, 15) is 4.79 Å². The minimum atomic E-state index is -0.00820. The van der Waals surface area contributed by atoms with Gasteiger partial charge >= 0.3 is 0 Å². The second kappa shape index (κ2) is 7.03. The van der Waals surface area contributed by atoms with Gasteiger partial charge in [-0.05, 0) is 18.5 Å². The second-order valence-corrected chi connectivity index (χ2v) is 4.85. The molecule has 0 aromatic heterocycles. The molecule has 1 amide bonds. The monoisotopic (exact) mass is 272 g/mol. The summed E-state index contributed by atoms with van der Waals surface area (Å²) in [5, 5.41) is 13.9. The third-order valence-electron chi connectivity index (χ3n) is 3.27. The zero-order valence-corrected chi connectivity index (χ0v) is 11.7. The number of fused-ring (bicyclic) bond motifs is 1. The number of nitrogens with one attached hydrogen (secondary N) is 1. The Hall–Kier alpha value is -1.91. The van der Waals surface area contributed by atoms with Gasteiger partial charge in [-0.15, -0.1) is 0 Å². The van der Waals surface area contributed by atoms with Crippen molar-refractivity contribution < 1.29 is 9.90 Å². The molecular weight excluding hydrogens is 252 g/mol. The molecule has 4 heteroatoms. The highest BCUT2D eigenvalue weighted by Gasteiger charge is 2.07. The summed E-state index contributed by atoms with van der Waals surface area (Å²) >= 11 is 0. The van der Waals surface area contributed by atoms with Gasteiger partial charge in [0.25, 0.3) is 0 Å². The number of carbonyl (C=O) groups excluding carboxylic acids is 1. The van der Waals surface area contributed by atoms with Crippen LogP contribution in [0.4, 0.5) is 5.69 Å². The Morgan fingerprint density at radius 1 is 1.15 bits per heavy atom. The summed E-state index contributed by atoms with van der Waals surface area (Å²) in [5.41, 5.74) is 0.845. The molecule has 0 aliphatic heterocycles. The summed E-state index contributed by atoms with van der Waals surface area (Å²) in [5.74, 6) is -0.00820. The fourth-order valence-corrected chi connectivity index (χ4v) is 2.12. The average Bonchev–Trinajstić information content (AvgIpc) is 2.46. The maximum Gasteiger partial charge on any atom is 0.225 e. The van der Waals surface area contributed by atoms with Gasteiger partial charge in [-0.1, -0.05) is 36.4 Å². The van der Waals surface area contributed by atoms with E-state index in [0.29, 0.717) is 19.5 Å². The lowest BCUT2D eigenvalue weighted by Crippen LogP contribution is -2.26. The van der Waals surface area contributed by atoms with Crippen LogP contribution in [0.1, 0.15) is 6.42 Å². The van der Waals surface area contributed by atoms with Gasteiger partial charge in [0.1, 0.15) is 0 Å². The minimum absolute atomic E-state index is 0.00820. The van der Waals surface area contributed by atoms with E-state index in [1.165, 1.54) is 0 Å². The Balaban J connectivity index is 1.99. The summed E-state index contributed by atoms with van der Waals surface area (Å²) in [7, 11) is 1.89. The molecule has 0 heterocycles. The summed E-state index contributed by atoms with van der Waals surface area (Å²) in [6, 6.07) is 13.9. The second-order valence-electron chi connectivity index (χ2n) is 4.85. The zero-order chi connectivity index (χ0) is 14.4. The molecule has 20 heavy (non-hydrogen) atoms. The van der Waals surface area contributed by atoms with Crippen LogP contribution < -0.4 is 5.32 Å². The average molecular weight is 272 g/mol. The van der Waals surface area contributed by atoms with Crippen molar-refractivity contribution in [1.29, 1.82) is 0 Å². The van der Waals surface area contributed by atoms with E-state index >= 15 is 0 Å². The molecule has 0 fully saturated rings. The Labute approximate surface area is 119 Å². The first-order chi connectivity index (χ1) is 9.70. The lowest BCUT2D eigenvalue weighted by Gasteiger charge is -2.15. The van der Waals surface area contributed by atoms with Gasteiger partial charge in [0.2, 0.25) is 5.91 Å². The molecule has 2 rings (SSSR count). The number of rotatable bonds is 6. The van der Waals surface area contributed by atoms with E-state index < -0.39 is 0 Å². The third kappa shape index (κ3) is 3.79. The number of anilines is 1. The highest BCUT2D eigenvalue weighted by Crippen LogP contribution is 2.22. The van der Waals surface area contributed by atoms with Crippen molar-refractivity contribution in [3.05, 3.63) is 42.5 Å². The van der Waals surface area contributed by atoms with Gasteiger partial charge in [-0.2, -0.15) is 0 Å². The van der Waals surface area contributed by atoms with E-state index in [4.69, 9.17) is 5.11 Å². The van der Waals surface area contributed by atoms with Gasteiger partial charge in [0.15, 0.2) is 0 Å². The van der Waals surface area contributed by atoms with Crippen LogP contribution in [0.2, 0.25) is 0 Å². The molecule has 4 nitrogen and oxygen atoms in total. The quantitative estimate of drug-likeness (QED) is 0.846. The zero-order valence-electron chi connectivity index (χ0n) is 11.7. The first kappa shape index (κ1) is 14.5. The van der Waals surface area contributed by atoms with Gasteiger partial charge in [0, 0.05) is 30.6 Å². The molecule has 0 radical (unpaired) electrons. The first-order valence-electron chi connectivity index (χ1n) is 6.77. The number of hydrogen-bond donors (Lipinski definition) is 2. The molecule has 0 saturated heterocycles. The summed E-state index contributed by atoms with van der Waals surface area (Å²) in [4.78, 5) is 13.9. The third-order valence-corrected chi connectivity index (χ3v) is 3.27. The Kier molecular flexibility index (Phi) is 5.09. The number of nitrogens with zero attached hydrogens (tertiary/aromatic N) is 1. The van der Waals surface area contributed by atoms with Crippen molar-refractivity contribution in [2.24, 2.45) is 0 Å². The molecule has 0 atom stereocenters. The van der Waals surface area contributed by atoms with Gasteiger partial charge < -0.3 is 15.3 Å². The van der Waals surface area contributed by atoms with Gasteiger partial charge in [0.05, 0.1) is 6.61 Å². The lowest BCUT2D eigenvalue weighted by atomic mass is 10.1. The van der Waals surface area contributed by atoms with Crippen molar-refractivity contribution in [3.8, 4) is 0 Å². The number of likely N-dealkylation sites (N-methyl/N-ethyl adjacent to an activating group) is 1. The van der Waals surface area contributed by atoms with Gasteiger partial charge in [-0.3, -0.25) is 4.79 Å². The number of aliphatic hydroxyl groups is 1. The number of benzene rings is 2. The number of carbonyl (C=O) groups is 1. The van der Waals surface area contributed by atoms with Crippen LogP contribution >= 0.6 is 0 Å². The molecule has 0 bridgehead atoms. The minimum Gasteiger partial charge on any atom is -0.395 e. The maximum atomic E-state index is 12.0. The van der Waals surface area contributed by atoms with Crippen LogP contribution in [-0.4, -0.2) is 42.7 Å². The first-order valence-corrected chi connectivity index (χ1v) is 6.77. The Bertz CT molecular complexity index is 578. The molecule has 0 aliphatic carbocycles. The fourth-order valence-electron chi connectivity index (χ4n) is 2.12. The summed E-state index contributed by atoms with van der Waals surface area (Å²) in [6.45, 7) is 1.33. The van der Waals surface area contributed by atoms with Crippen LogP contribution in [0.3, 0.4) is 0 Å². The Morgan fingerprint density at radius 3 is 2.70 bits per heavy atom. The molecule has 2 aromatic carbocycles. The molecule has 0 saturated carbocycles. The topological polar surface area (TPSA) is 52.6 Å². The van der Waals surface area contributed by atoms with Crippen LogP contribution in [0.5, 0.6) is 0 Å². The molecule has 0 unspecified atom stereocenters. The molecule has 0 aliphatic rings. The number of aliphatic hydroxyl groups excluding tert-OH is 1. The van der Waals surface area contributed by atoms with E-state index in [-0.39, 0.29) is 12.5 Å². The highest BCUT2D eigenvalue weighted by atomic mass is 16.3. The molecule has 0 spiro atoms. The van der Waals surface area contributed by atoms with Crippen LogP contribution in [0.25, 0.3) is 10.8 Å².